The van der Waals surface area contributed by atoms with Crippen LogP contribution in [0.3, 0.4) is 0 Å². The lowest BCUT2D eigenvalue weighted by Crippen LogP contribution is -2.42. The lowest BCUT2D eigenvalue weighted by Gasteiger charge is -2.30. The first-order chi connectivity index (χ1) is 6.48. The topological polar surface area (TPSA) is 15.3 Å². The summed E-state index contributed by atoms with van der Waals surface area (Å²) < 4.78 is 1.15. The number of quaternary nitrogens is 1. The van der Waals surface area contributed by atoms with E-state index in [2.05, 4.69) is 38.4 Å². The molecular formula is C11H28N3+. The van der Waals surface area contributed by atoms with E-state index in [0.717, 1.165) is 11.0 Å². The molecule has 0 rings (SSSR count). The summed E-state index contributed by atoms with van der Waals surface area (Å²) in [5.74, 6) is 0. The van der Waals surface area contributed by atoms with E-state index in [0.29, 0.717) is 0 Å². The molecule has 0 bridgehead atoms. The molecule has 0 radical (unpaired) electrons. The third-order valence-electron chi connectivity index (χ3n) is 2.56. The van der Waals surface area contributed by atoms with Crippen molar-refractivity contribution < 1.29 is 4.48 Å². The van der Waals surface area contributed by atoms with Gasteiger partial charge >= 0.3 is 0 Å². The Kier molecular flexibility index (Phi) is 7.15. The van der Waals surface area contributed by atoms with Gasteiger partial charge in [0.05, 0.1) is 27.2 Å². The van der Waals surface area contributed by atoms with Crippen LogP contribution >= 0.6 is 0 Å². The molecule has 0 aromatic carbocycles. The smallest absolute Gasteiger partial charge is 0.0794 e. The van der Waals surface area contributed by atoms with Crippen LogP contribution in [0.5, 0.6) is 0 Å². The van der Waals surface area contributed by atoms with Crippen molar-refractivity contribution in [3.63, 3.8) is 0 Å². The third-order valence-corrected chi connectivity index (χ3v) is 2.56. The Bertz CT molecular complexity index is 132. The molecule has 3 heteroatoms. The highest BCUT2D eigenvalue weighted by atomic mass is 15.3. The molecule has 0 aliphatic heterocycles. The second-order valence-electron chi connectivity index (χ2n) is 5.00. The van der Waals surface area contributed by atoms with E-state index in [1.807, 2.05) is 7.05 Å². The zero-order valence-electron chi connectivity index (χ0n) is 10.6. The van der Waals surface area contributed by atoms with Gasteiger partial charge < -0.3 is 14.7 Å². The van der Waals surface area contributed by atoms with Crippen LogP contribution in [0.15, 0.2) is 0 Å². The highest BCUT2D eigenvalue weighted by Crippen LogP contribution is 2.01. The minimum Gasteiger partial charge on any atom is -0.328 e. The van der Waals surface area contributed by atoms with Gasteiger partial charge in [-0.25, -0.2) is 0 Å². The normalized spacial score (nSPS) is 12.4. The molecule has 0 atom stereocenters. The first-order valence-electron chi connectivity index (χ1n) is 5.59. The summed E-state index contributed by atoms with van der Waals surface area (Å²) in [4.78, 5) is 2.26. The molecule has 0 aromatic rings. The lowest BCUT2D eigenvalue weighted by atomic mass is 10.3. The van der Waals surface area contributed by atoms with Gasteiger partial charge in [0.2, 0.25) is 0 Å². The van der Waals surface area contributed by atoms with Gasteiger partial charge in [0.25, 0.3) is 0 Å². The largest absolute Gasteiger partial charge is 0.328 e. The van der Waals surface area contributed by atoms with E-state index >= 15 is 0 Å². The van der Waals surface area contributed by atoms with Crippen LogP contribution in [0.2, 0.25) is 0 Å². The van der Waals surface area contributed by atoms with Gasteiger partial charge in [-0.3, -0.25) is 0 Å². The molecule has 14 heavy (non-hydrogen) atoms. The van der Waals surface area contributed by atoms with E-state index in [1.54, 1.807) is 0 Å². The molecule has 86 valence electrons. The molecule has 0 spiro atoms. The summed E-state index contributed by atoms with van der Waals surface area (Å²) in [5.41, 5.74) is 0. The maximum atomic E-state index is 3.20. The molecule has 0 amide bonds. The van der Waals surface area contributed by atoms with Crippen molar-refractivity contribution >= 4 is 0 Å². The first-order valence-corrected chi connectivity index (χ1v) is 5.59. The fraction of sp³-hybridized carbons (Fsp3) is 1.00. The van der Waals surface area contributed by atoms with Gasteiger partial charge in [0.15, 0.2) is 0 Å². The molecular weight excluding hydrogens is 174 g/mol. The molecule has 0 unspecified atom stereocenters. The average Bonchev–Trinajstić information content (AvgIpc) is 2.03. The van der Waals surface area contributed by atoms with E-state index < -0.39 is 0 Å². The van der Waals surface area contributed by atoms with E-state index in [4.69, 9.17) is 0 Å². The number of rotatable bonds is 8. The Hall–Kier alpha value is -0.120. The van der Waals surface area contributed by atoms with Gasteiger partial charge in [-0.15, -0.1) is 0 Å². The maximum Gasteiger partial charge on any atom is 0.0794 e. The van der Waals surface area contributed by atoms with Gasteiger partial charge in [0.1, 0.15) is 0 Å². The van der Waals surface area contributed by atoms with E-state index in [1.165, 1.54) is 32.5 Å². The van der Waals surface area contributed by atoms with Crippen molar-refractivity contribution in [1.29, 1.82) is 0 Å². The fourth-order valence-corrected chi connectivity index (χ4v) is 1.61. The standard InChI is InChI=1S/C11H28N3/c1-12-8-6-10-14(4,5)11-7-9-13(2)3/h12H,6-11H2,1-5H3/q+1. The minimum atomic E-state index is 1.13. The van der Waals surface area contributed by atoms with Gasteiger partial charge in [-0.1, -0.05) is 0 Å². The zero-order chi connectivity index (χ0) is 11.0. The second kappa shape index (κ2) is 7.21. The Morgan fingerprint density at radius 1 is 1.07 bits per heavy atom. The van der Waals surface area contributed by atoms with Crippen LogP contribution in [-0.4, -0.2) is 70.8 Å². The maximum absolute atomic E-state index is 3.20. The SMILES string of the molecule is CNCCC[N+](C)(C)CCCN(C)C. The summed E-state index contributed by atoms with van der Waals surface area (Å²) in [7, 11) is 10.9. The summed E-state index contributed by atoms with van der Waals surface area (Å²) in [6, 6.07) is 0. The molecule has 0 saturated carbocycles. The molecule has 0 aromatic heterocycles. The van der Waals surface area contributed by atoms with Gasteiger partial charge in [0, 0.05) is 25.9 Å². The third kappa shape index (κ3) is 8.48. The molecule has 0 fully saturated rings. The van der Waals surface area contributed by atoms with Crippen molar-refractivity contribution in [2.45, 2.75) is 12.8 Å². The molecule has 3 nitrogen and oxygen atoms in total. The molecule has 0 aliphatic rings. The quantitative estimate of drug-likeness (QED) is 0.459. The second-order valence-corrected chi connectivity index (χ2v) is 5.00. The van der Waals surface area contributed by atoms with E-state index in [-0.39, 0.29) is 0 Å². The van der Waals surface area contributed by atoms with Crippen molar-refractivity contribution in [1.82, 2.24) is 10.2 Å². The van der Waals surface area contributed by atoms with Crippen LogP contribution in [0.4, 0.5) is 0 Å². The van der Waals surface area contributed by atoms with Crippen LogP contribution in [0.25, 0.3) is 0 Å². The predicted molar refractivity (Wildman–Crippen MR) is 63.6 cm³/mol. The number of hydrogen-bond donors (Lipinski definition) is 1. The molecule has 0 saturated heterocycles. The fourth-order valence-electron chi connectivity index (χ4n) is 1.61. The predicted octanol–water partition coefficient (Wildman–Crippen LogP) is 0.624. The minimum absolute atomic E-state index is 1.13. The van der Waals surface area contributed by atoms with Crippen LogP contribution in [-0.2, 0) is 0 Å². The lowest BCUT2D eigenvalue weighted by molar-refractivity contribution is -0.890. The van der Waals surface area contributed by atoms with Crippen LogP contribution in [0, 0.1) is 0 Å². The molecule has 0 heterocycles. The van der Waals surface area contributed by atoms with Gasteiger partial charge in [-0.2, -0.15) is 0 Å². The summed E-state index contributed by atoms with van der Waals surface area (Å²) in [5, 5.41) is 3.20. The number of nitrogens with zero attached hydrogens (tertiary/aromatic N) is 2. The van der Waals surface area contributed by atoms with Crippen molar-refractivity contribution in [3.8, 4) is 0 Å². The monoisotopic (exact) mass is 202 g/mol. The molecule has 1 N–H and O–H groups in total. The van der Waals surface area contributed by atoms with Crippen molar-refractivity contribution in [2.75, 3.05) is 61.4 Å². The summed E-state index contributed by atoms with van der Waals surface area (Å²) in [6.07, 6.45) is 2.56. The van der Waals surface area contributed by atoms with Crippen LogP contribution < -0.4 is 5.32 Å². The van der Waals surface area contributed by atoms with Crippen molar-refractivity contribution in [3.05, 3.63) is 0 Å². The number of hydrogen-bond acceptors (Lipinski definition) is 2. The van der Waals surface area contributed by atoms with Crippen LogP contribution in [0.1, 0.15) is 12.8 Å². The molecule has 0 aliphatic carbocycles. The Labute approximate surface area is 89.7 Å². The summed E-state index contributed by atoms with van der Waals surface area (Å²) >= 11 is 0. The zero-order valence-corrected chi connectivity index (χ0v) is 10.6. The highest BCUT2D eigenvalue weighted by Gasteiger charge is 2.13. The first kappa shape index (κ1) is 13.9. The van der Waals surface area contributed by atoms with Crippen molar-refractivity contribution in [2.24, 2.45) is 0 Å². The van der Waals surface area contributed by atoms with E-state index in [9.17, 15) is 0 Å². The highest BCUT2D eigenvalue weighted by molar-refractivity contribution is 4.45. The number of nitrogens with one attached hydrogen (secondary N) is 1. The Balaban J connectivity index is 3.50. The Morgan fingerprint density at radius 2 is 1.64 bits per heavy atom. The Morgan fingerprint density at radius 3 is 2.14 bits per heavy atom. The average molecular weight is 202 g/mol. The summed E-state index contributed by atoms with van der Waals surface area (Å²) in [6.45, 7) is 4.89. The van der Waals surface area contributed by atoms with Gasteiger partial charge in [-0.05, 0) is 21.1 Å².